The van der Waals surface area contributed by atoms with Crippen molar-refractivity contribution in [1.29, 1.82) is 0 Å². The molecule has 90 valence electrons. The van der Waals surface area contributed by atoms with E-state index in [1.807, 2.05) is 6.08 Å². The fourth-order valence-corrected chi connectivity index (χ4v) is 2.09. The monoisotopic (exact) mass is 228 g/mol. The molecule has 2 nitrogen and oxygen atoms in total. The number of rotatable bonds is 5. The van der Waals surface area contributed by atoms with Gasteiger partial charge in [0.15, 0.2) is 0 Å². The van der Waals surface area contributed by atoms with Crippen LogP contribution in [0.25, 0.3) is 10.9 Å². The van der Waals surface area contributed by atoms with Crippen LogP contribution in [0.5, 0.6) is 0 Å². The lowest BCUT2D eigenvalue weighted by Crippen LogP contribution is -2.22. The summed E-state index contributed by atoms with van der Waals surface area (Å²) in [5.41, 5.74) is 2.67. The van der Waals surface area contributed by atoms with Crippen molar-refractivity contribution in [2.24, 2.45) is 0 Å². The number of hydrogen-bond acceptors (Lipinski definition) is 1. The van der Waals surface area contributed by atoms with E-state index in [-0.39, 0.29) is 0 Å². The van der Waals surface area contributed by atoms with Crippen molar-refractivity contribution in [1.82, 2.24) is 9.88 Å². The Labute approximate surface area is 103 Å². The van der Waals surface area contributed by atoms with Crippen molar-refractivity contribution in [3.63, 3.8) is 0 Å². The smallest absolute Gasteiger partial charge is 0.0528 e. The summed E-state index contributed by atoms with van der Waals surface area (Å²) in [6, 6.07) is 9.15. The van der Waals surface area contributed by atoms with Gasteiger partial charge in [-0.3, -0.25) is 0 Å². The summed E-state index contributed by atoms with van der Waals surface area (Å²) < 4.78 is 2.25. The third-order valence-electron chi connectivity index (χ3n) is 2.90. The molecule has 0 aliphatic heterocycles. The van der Waals surface area contributed by atoms with Crippen molar-refractivity contribution in [3.8, 4) is 0 Å². The molecule has 2 aromatic rings. The summed E-state index contributed by atoms with van der Waals surface area (Å²) in [5.74, 6) is 0. The van der Waals surface area contributed by atoms with Crippen LogP contribution in [-0.4, -0.2) is 10.6 Å². The van der Waals surface area contributed by atoms with Crippen molar-refractivity contribution in [3.05, 3.63) is 48.7 Å². The first-order valence-corrected chi connectivity index (χ1v) is 6.13. The molecular weight excluding hydrogens is 208 g/mol. The van der Waals surface area contributed by atoms with Gasteiger partial charge in [-0.1, -0.05) is 38.1 Å². The standard InChI is InChI=1S/C15H20N2/c1-4-9-17-10-8-13-6-5-7-14(15(13)17)11-16-12(2)3/h4-8,10,12,16H,1,9,11H2,2-3H3. The van der Waals surface area contributed by atoms with Gasteiger partial charge < -0.3 is 9.88 Å². The highest BCUT2D eigenvalue weighted by Crippen LogP contribution is 2.20. The number of nitrogens with one attached hydrogen (secondary N) is 1. The second-order valence-corrected chi connectivity index (χ2v) is 4.65. The maximum atomic E-state index is 3.81. The van der Waals surface area contributed by atoms with Crippen LogP contribution in [0.2, 0.25) is 0 Å². The van der Waals surface area contributed by atoms with E-state index in [0.29, 0.717) is 6.04 Å². The van der Waals surface area contributed by atoms with Crippen LogP contribution in [0.3, 0.4) is 0 Å². The van der Waals surface area contributed by atoms with Crippen molar-refractivity contribution >= 4 is 10.9 Å². The maximum absolute atomic E-state index is 3.81. The van der Waals surface area contributed by atoms with Gasteiger partial charge in [0.1, 0.15) is 0 Å². The molecule has 1 aromatic carbocycles. The average Bonchev–Trinajstić information content (AvgIpc) is 2.71. The topological polar surface area (TPSA) is 17.0 Å². The van der Waals surface area contributed by atoms with Gasteiger partial charge in [0.05, 0.1) is 5.52 Å². The quantitative estimate of drug-likeness (QED) is 0.777. The predicted molar refractivity (Wildman–Crippen MR) is 74.1 cm³/mol. The summed E-state index contributed by atoms with van der Waals surface area (Å²) in [6.07, 6.45) is 4.07. The Kier molecular flexibility index (Phi) is 3.64. The molecule has 0 bridgehead atoms. The van der Waals surface area contributed by atoms with Crippen LogP contribution in [0.15, 0.2) is 43.1 Å². The van der Waals surface area contributed by atoms with Crippen molar-refractivity contribution < 1.29 is 0 Å². The van der Waals surface area contributed by atoms with Crippen LogP contribution in [-0.2, 0) is 13.1 Å². The van der Waals surface area contributed by atoms with E-state index in [4.69, 9.17) is 0 Å². The molecule has 0 atom stereocenters. The molecule has 0 amide bonds. The summed E-state index contributed by atoms with van der Waals surface area (Å²) in [7, 11) is 0. The first kappa shape index (κ1) is 11.9. The Bertz CT molecular complexity index is 509. The van der Waals surface area contributed by atoms with E-state index in [2.05, 4.69) is 60.8 Å². The molecule has 0 radical (unpaired) electrons. The van der Waals surface area contributed by atoms with Crippen LogP contribution in [0, 0.1) is 0 Å². The third-order valence-corrected chi connectivity index (χ3v) is 2.90. The van der Waals surface area contributed by atoms with Gasteiger partial charge >= 0.3 is 0 Å². The third kappa shape index (κ3) is 2.59. The Hall–Kier alpha value is -1.54. The zero-order valence-corrected chi connectivity index (χ0v) is 10.6. The molecule has 0 fully saturated rings. The summed E-state index contributed by atoms with van der Waals surface area (Å²) in [5, 5.41) is 4.77. The molecule has 2 heteroatoms. The van der Waals surface area contributed by atoms with Crippen LogP contribution < -0.4 is 5.32 Å². The van der Waals surface area contributed by atoms with Crippen LogP contribution in [0.4, 0.5) is 0 Å². The Morgan fingerprint density at radius 1 is 1.35 bits per heavy atom. The fraction of sp³-hybridized carbons (Fsp3) is 0.333. The van der Waals surface area contributed by atoms with E-state index in [9.17, 15) is 0 Å². The minimum atomic E-state index is 0.507. The highest BCUT2D eigenvalue weighted by molar-refractivity contribution is 5.83. The summed E-state index contributed by atoms with van der Waals surface area (Å²) in [6.45, 7) is 9.93. The molecule has 0 aliphatic rings. The zero-order chi connectivity index (χ0) is 12.3. The van der Waals surface area contributed by atoms with Crippen LogP contribution >= 0.6 is 0 Å². The number of fused-ring (bicyclic) bond motifs is 1. The lowest BCUT2D eigenvalue weighted by Gasteiger charge is -2.11. The highest BCUT2D eigenvalue weighted by atomic mass is 15.0. The highest BCUT2D eigenvalue weighted by Gasteiger charge is 2.05. The lowest BCUT2D eigenvalue weighted by atomic mass is 10.1. The van der Waals surface area contributed by atoms with Gasteiger partial charge in [0.2, 0.25) is 0 Å². The molecule has 1 aromatic heterocycles. The molecule has 0 unspecified atom stereocenters. The SMILES string of the molecule is C=CCn1ccc2cccc(CNC(C)C)c21. The number of allylic oxidation sites excluding steroid dienone is 1. The van der Waals surface area contributed by atoms with Crippen LogP contribution in [0.1, 0.15) is 19.4 Å². The number of hydrogen-bond donors (Lipinski definition) is 1. The van der Waals surface area contributed by atoms with Crippen molar-refractivity contribution in [2.45, 2.75) is 33.0 Å². The second-order valence-electron chi connectivity index (χ2n) is 4.65. The van der Waals surface area contributed by atoms with E-state index in [0.717, 1.165) is 13.1 Å². The molecular formula is C15H20N2. The first-order valence-electron chi connectivity index (χ1n) is 6.13. The van der Waals surface area contributed by atoms with Crippen molar-refractivity contribution in [2.75, 3.05) is 0 Å². The predicted octanol–water partition coefficient (Wildman–Crippen LogP) is 3.33. The Morgan fingerprint density at radius 2 is 2.18 bits per heavy atom. The summed E-state index contributed by atoms with van der Waals surface area (Å²) in [4.78, 5) is 0. The second kappa shape index (κ2) is 5.19. The fourth-order valence-electron chi connectivity index (χ4n) is 2.09. The normalized spacial score (nSPS) is 11.2. The maximum Gasteiger partial charge on any atom is 0.0528 e. The minimum Gasteiger partial charge on any atom is -0.343 e. The molecule has 2 rings (SSSR count). The molecule has 0 saturated heterocycles. The average molecular weight is 228 g/mol. The molecule has 0 spiro atoms. The van der Waals surface area contributed by atoms with Gasteiger partial charge in [0.25, 0.3) is 0 Å². The van der Waals surface area contributed by atoms with E-state index in [1.165, 1.54) is 16.5 Å². The van der Waals surface area contributed by atoms with Gasteiger partial charge in [-0.05, 0) is 17.0 Å². The van der Waals surface area contributed by atoms with Gasteiger partial charge in [-0.25, -0.2) is 0 Å². The number of nitrogens with zero attached hydrogens (tertiary/aromatic N) is 1. The minimum absolute atomic E-state index is 0.507. The van der Waals surface area contributed by atoms with E-state index in [1.54, 1.807) is 0 Å². The molecule has 1 heterocycles. The number of aromatic nitrogens is 1. The first-order chi connectivity index (χ1) is 8.22. The van der Waals surface area contributed by atoms with E-state index < -0.39 is 0 Å². The van der Waals surface area contributed by atoms with Gasteiger partial charge in [-0.2, -0.15) is 0 Å². The largest absolute Gasteiger partial charge is 0.343 e. The summed E-state index contributed by atoms with van der Waals surface area (Å²) >= 11 is 0. The molecule has 17 heavy (non-hydrogen) atoms. The Morgan fingerprint density at radius 3 is 2.88 bits per heavy atom. The zero-order valence-electron chi connectivity index (χ0n) is 10.6. The molecule has 0 saturated carbocycles. The van der Waals surface area contributed by atoms with Gasteiger partial charge in [-0.15, -0.1) is 6.58 Å². The number of para-hydroxylation sites is 1. The lowest BCUT2D eigenvalue weighted by molar-refractivity contribution is 0.589. The Balaban J connectivity index is 2.39. The molecule has 0 aliphatic carbocycles. The number of benzene rings is 1. The van der Waals surface area contributed by atoms with E-state index >= 15 is 0 Å². The molecule has 1 N–H and O–H groups in total. The van der Waals surface area contributed by atoms with Gasteiger partial charge in [0, 0.05) is 25.3 Å².